The van der Waals surface area contributed by atoms with E-state index in [-0.39, 0.29) is 18.5 Å². The van der Waals surface area contributed by atoms with Crippen LogP contribution < -0.4 is 15.4 Å². The van der Waals surface area contributed by atoms with Gasteiger partial charge in [-0.05, 0) is 30.9 Å². The zero-order valence-electron chi connectivity index (χ0n) is 12.7. The fourth-order valence-corrected chi connectivity index (χ4v) is 3.03. The third-order valence-electron chi connectivity index (χ3n) is 4.22. The molecule has 1 saturated carbocycles. The van der Waals surface area contributed by atoms with Crippen molar-refractivity contribution in [1.29, 1.82) is 0 Å². The Morgan fingerprint density at radius 3 is 2.95 bits per heavy atom. The van der Waals surface area contributed by atoms with Gasteiger partial charge in [0.25, 0.3) is 5.91 Å². The minimum atomic E-state index is -0.166. The van der Waals surface area contributed by atoms with Crippen LogP contribution in [-0.4, -0.2) is 37.0 Å². The molecule has 0 unspecified atom stereocenters. The van der Waals surface area contributed by atoms with Crippen molar-refractivity contribution in [2.45, 2.75) is 25.7 Å². The summed E-state index contributed by atoms with van der Waals surface area (Å²) in [6.45, 7) is 0.801. The second kappa shape index (κ2) is 6.25. The molecule has 1 aromatic rings. The average Bonchev–Trinajstić information content (AvgIpc) is 3.00. The van der Waals surface area contributed by atoms with E-state index in [4.69, 9.17) is 4.74 Å². The second-order valence-corrected chi connectivity index (χ2v) is 6.01. The summed E-state index contributed by atoms with van der Waals surface area (Å²) < 4.78 is 5.35. The Balaban J connectivity index is 1.60. The largest absolute Gasteiger partial charge is 0.482 e. The number of rotatable bonds is 3. The molecule has 118 valence electrons. The first kappa shape index (κ1) is 14.7. The highest BCUT2D eigenvalue weighted by atomic mass is 16.5. The van der Waals surface area contributed by atoms with Crippen LogP contribution in [-0.2, 0) is 4.79 Å². The molecule has 1 aliphatic carbocycles. The van der Waals surface area contributed by atoms with E-state index in [1.807, 2.05) is 7.05 Å². The van der Waals surface area contributed by atoms with Gasteiger partial charge in [0.2, 0.25) is 0 Å². The highest BCUT2D eigenvalue weighted by Gasteiger charge is 2.20. The molecule has 1 fully saturated rings. The predicted octanol–water partition coefficient (Wildman–Crippen LogP) is 2.67. The van der Waals surface area contributed by atoms with Gasteiger partial charge in [0, 0.05) is 25.3 Å². The molecule has 0 spiro atoms. The van der Waals surface area contributed by atoms with Crippen molar-refractivity contribution >= 4 is 23.3 Å². The number of carbonyl (C=O) groups excluding carboxylic acids is 2. The van der Waals surface area contributed by atoms with Crippen molar-refractivity contribution in [1.82, 2.24) is 4.90 Å². The van der Waals surface area contributed by atoms with E-state index in [0.717, 1.165) is 6.54 Å². The molecular formula is C16H21N3O3. The highest BCUT2D eigenvalue weighted by Crippen LogP contribution is 2.30. The van der Waals surface area contributed by atoms with Crippen molar-refractivity contribution in [3.05, 3.63) is 18.2 Å². The Morgan fingerprint density at radius 1 is 1.41 bits per heavy atom. The van der Waals surface area contributed by atoms with E-state index in [9.17, 15) is 9.59 Å². The zero-order chi connectivity index (χ0) is 15.5. The second-order valence-electron chi connectivity index (χ2n) is 6.01. The molecule has 22 heavy (non-hydrogen) atoms. The standard InChI is InChI=1S/C16H21N3O3/c1-19(9-11-4-2-3-5-11)16(21)17-12-6-7-13-14(8-12)22-10-15(20)18-13/h6-8,11H,2-5,9-10H2,1H3,(H,17,21)(H,18,20). The summed E-state index contributed by atoms with van der Waals surface area (Å²) >= 11 is 0. The smallest absolute Gasteiger partial charge is 0.321 e. The summed E-state index contributed by atoms with van der Waals surface area (Å²) in [5, 5.41) is 5.60. The van der Waals surface area contributed by atoms with Crippen LogP contribution in [0.1, 0.15) is 25.7 Å². The summed E-state index contributed by atoms with van der Waals surface area (Å²) in [5.41, 5.74) is 1.30. The van der Waals surface area contributed by atoms with Crippen molar-refractivity contribution in [2.75, 3.05) is 30.8 Å². The van der Waals surface area contributed by atoms with Crippen LogP contribution in [0.25, 0.3) is 0 Å². The fourth-order valence-electron chi connectivity index (χ4n) is 3.03. The average molecular weight is 303 g/mol. The molecule has 6 heteroatoms. The SMILES string of the molecule is CN(CC1CCCC1)C(=O)Nc1ccc2c(c1)OCC(=O)N2. The number of benzene rings is 1. The Morgan fingerprint density at radius 2 is 2.18 bits per heavy atom. The molecule has 0 bridgehead atoms. The highest BCUT2D eigenvalue weighted by molar-refractivity contribution is 5.96. The van der Waals surface area contributed by atoms with Gasteiger partial charge in [0.1, 0.15) is 5.75 Å². The molecule has 0 radical (unpaired) electrons. The molecule has 2 aliphatic rings. The molecule has 1 aliphatic heterocycles. The van der Waals surface area contributed by atoms with Crippen LogP contribution in [0.15, 0.2) is 18.2 Å². The number of nitrogens with one attached hydrogen (secondary N) is 2. The molecule has 3 rings (SSSR count). The van der Waals surface area contributed by atoms with E-state index in [0.29, 0.717) is 23.0 Å². The quantitative estimate of drug-likeness (QED) is 0.902. The van der Waals surface area contributed by atoms with Crippen LogP contribution in [0.3, 0.4) is 0 Å². The van der Waals surface area contributed by atoms with Gasteiger partial charge in [-0.3, -0.25) is 4.79 Å². The molecule has 6 nitrogen and oxygen atoms in total. The van der Waals surface area contributed by atoms with Crippen molar-refractivity contribution in [3.63, 3.8) is 0 Å². The van der Waals surface area contributed by atoms with E-state index in [1.165, 1.54) is 25.7 Å². The van der Waals surface area contributed by atoms with Gasteiger partial charge in [0.05, 0.1) is 5.69 Å². The predicted molar refractivity (Wildman–Crippen MR) is 84.2 cm³/mol. The van der Waals surface area contributed by atoms with Gasteiger partial charge in [0.15, 0.2) is 6.61 Å². The van der Waals surface area contributed by atoms with Crippen LogP contribution in [0.4, 0.5) is 16.2 Å². The van der Waals surface area contributed by atoms with E-state index < -0.39 is 0 Å². The number of nitrogens with zero attached hydrogens (tertiary/aromatic N) is 1. The van der Waals surface area contributed by atoms with Crippen molar-refractivity contribution in [3.8, 4) is 5.75 Å². The molecule has 0 atom stereocenters. The molecule has 1 aromatic carbocycles. The van der Waals surface area contributed by atoms with Gasteiger partial charge in [-0.2, -0.15) is 0 Å². The lowest BCUT2D eigenvalue weighted by molar-refractivity contribution is -0.118. The maximum absolute atomic E-state index is 12.2. The fraction of sp³-hybridized carbons (Fsp3) is 0.500. The molecule has 1 heterocycles. The lowest BCUT2D eigenvalue weighted by Gasteiger charge is -2.22. The van der Waals surface area contributed by atoms with Crippen LogP contribution in [0.5, 0.6) is 5.75 Å². The first-order valence-corrected chi connectivity index (χ1v) is 7.70. The number of urea groups is 1. The summed E-state index contributed by atoms with van der Waals surface area (Å²) in [4.78, 5) is 25.2. The van der Waals surface area contributed by atoms with E-state index >= 15 is 0 Å². The molecule has 0 aromatic heterocycles. The van der Waals surface area contributed by atoms with Crippen LogP contribution >= 0.6 is 0 Å². The summed E-state index contributed by atoms with van der Waals surface area (Å²) in [6, 6.07) is 5.11. The lowest BCUT2D eigenvalue weighted by atomic mass is 10.1. The monoisotopic (exact) mass is 303 g/mol. The number of hydrogen-bond donors (Lipinski definition) is 2. The molecule has 3 amide bonds. The number of hydrogen-bond acceptors (Lipinski definition) is 3. The minimum Gasteiger partial charge on any atom is -0.482 e. The Labute approximate surface area is 129 Å². The number of fused-ring (bicyclic) bond motifs is 1. The minimum absolute atomic E-state index is 0.00594. The number of carbonyl (C=O) groups is 2. The van der Waals surface area contributed by atoms with Gasteiger partial charge in [-0.1, -0.05) is 12.8 Å². The maximum atomic E-state index is 12.2. The summed E-state index contributed by atoms with van der Waals surface area (Å²) in [6.07, 6.45) is 4.97. The topological polar surface area (TPSA) is 70.7 Å². The Bertz CT molecular complexity index is 582. The molecule has 0 saturated heterocycles. The first-order chi connectivity index (χ1) is 10.6. The molecule has 2 N–H and O–H groups in total. The Hall–Kier alpha value is -2.24. The number of amides is 3. The first-order valence-electron chi connectivity index (χ1n) is 7.70. The molecular weight excluding hydrogens is 282 g/mol. The van der Waals surface area contributed by atoms with Gasteiger partial charge >= 0.3 is 6.03 Å². The third-order valence-corrected chi connectivity index (χ3v) is 4.22. The van der Waals surface area contributed by atoms with Gasteiger partial charge in [-0.25, -0.2) is 4.79 Å². The third kappa shape index (κ3) is 3.32. The van der Waals surface area contributed by atoms with Crippen LogP contribution in [0.2, 0.25) is 0 Å². The van der Waals surface area contributed by atoms with E-state index in [2.05, 4.69) is 10.6 Å². The van der Waals surface area contributed by atoms with Crippen molar-refractivity contribution in [2.24, 2.45) is 5.92 Å². The summed E-state index contributed by atoms with van der Waals surface area (Å²) in [5.74, 6) is 1.04. The summed E-state index contributed by atoms with van der Waals surface area (Å²) in [7, 11) is 1.82. The van der Waals surface area contributed by atoms with Crippen molar-refractivity contribution < 1.29 is 14.3 Å². The Kier molecular flexibility index (Phi) is 4.18. The van der Waals surface area contributed by atoms with Crippen LogP contribution in [0, 0.1) is 5.92 Å². The van der Waals surface area contributed by atoms with Gasteiger partial charge in [-0.15, -0.1) is 0 Å². The number of ether oxygens (including phenoxy) is 1. The van der Waals surface area contributed by atoms with Gasteiger partial charge < -0.3 is 20.3 Å². The zero-order valence-corrected chi connectivity index (χ0v) is 12.7. The number of anilines is 2. The maximum Gasteiger partial charge on any atom is 0.321 e. The lowest BCUT2D eigenvalue weighted by Crippen LogP contribution is -2.34. The van der Waals surface area contributed by atoms with E-state index in [1.54, 1.807) is 23.1 Å². The normalized spacial score (nSPS) is 17.4.